The predicted molar refractivity (Wildman–Crippen MR) is 79.0 cm³/mol. The fourth-order valence-electron chi connectivity index (χ4n) is 2.38. The summed E-state index contributed by atoms with van der Waals surface area (Å²) in [6.07, 6.45) is 1.56. The van der Waals surface area contributed by atoms with Crippen molar-refractivity contribution in [3.8, 4) is 0 Å². The van der Waals surface area contributed by atoms with Crippen LogP contribution in [0.4, 0.5) is 5.69 Å². The molecule has 1 amide bonds. The molecule has 0 aromatic heterocycles. The molecule has 0 unspecified atom stereocenters. The Bertz CT molecular complexity index is 444. The highest BCUT2D eigenvalue weighted by Crippen LogP contribution is 2.43. The minimum atomic E-state index is -0.447. The standard InChI is InChI=1S/C12H12BBr2NO/c13-8-1-2-10-9(7-8)12(3-5-14,4-6-15)11(17)16-10/h1-2,7H,3-6H2,(H,16,17). The van der Waals surface area contributed by atoms with E-state index in [2.05, 4.69) is 37.2 Å². The number of carbonyl (C=O) groups excluding carboxylic acids is 1. The molecule has 88 valence electrons. The first-order valence-electron chi connectivity index (χ1n) is 5.47. The van der Waals surface area contributed by atoms with Crippen molar-refractivity contribution in [1.82, 2.24) is 0 Å². The summed E-state index contributed by atoms with van der Waals surface area (Å²) >= 11 is 6.87. The van der Waals surface area contributed by atoms with Crippen molar-refractivity contribution in [2.45, 2.75) is 18.3 Å². The number of alkyl halides is 2. The molecule has 1 N–H and O–H groups in total. The second kappa shape index (κ2) is 5.15. The van der Waals surface area contributed by atoms with Gasteiger partial charge in [0, 0.05) is 16.3 Å². The minimum absolute atomic E-state index is 0.0806. The Morgan fingerprint density at radius 2 is 1.88 bits per heavy atom. The third-order valence-electron chi connectivity index (χ3n) is 3.28. The van der Waals surface area contributed by atoms with Crippen molar-refractivity contribution in [2.24, 2.45) is 0 Å². The van der Waals surface area contributed by atoms with Crippen LogP contribution >= 0.6 is 31.9 Å². The largest absolute Gasteiger partial charge is 0.325 e. The van der Waals surface area contributed by atoms with Crippen LogP contribution in [-0.4, -0.2) is 24.4 Å². The third kappa shape index (κ3) is 2.19. The van der Waals surface area contributed by atoms with Crippen LogP contribution < -0.4 is 10.8 Å². The van der Waals surface area contributed by atoms with E-state index in [1.54, 1.807) is 0 Å². The molecule has 1 aromatic rings. The lowest BCUT2D eigenvalue weighted by Gasteiger charge is -2.26. The van der Waals surface area contributed by atoms with Gasteiger partial charge in [-0.2, -0.15) is 0 Å². The van der Waals surface area contributed by atoms with E-state index in [1.165, 1.54) is 0 Å². The molecule has 1 aliphatic rings. The van der Waals surface area contributed by atoms with Crippen molar-refractivity contribution in [1.29, 1.82) is 0 Å². The van der Waals surface area contributed by atoms with Gasteiger partial charge in [-0.1, -0.05) is 49.5 Å². The normalized spacial score (nSPS) is 16.7. The molecule has 0 saturated heterocycles. The maximum atomic E-state index is 12.3. The molecule has 17 heavy (non-hydrogen) atoms. The Morgan fingerprint density at radius 3 is 2.47 bits per heavy atom. The Balaban J connectivity index is 2.52. The lowest BCUT2D eigenvalue weighted by molar-refractivity contribution is -0.121. The molecular formula is C12H12BBr2NO. The molecule has 1 aliphatic heterocycles. The first-order valence-corrected chi connectivity index (χ1v) is 7.72. The van der Waals surface area contributed by atoms with Gasteiger partial charge >= 0.3 is 0 Å². The van der Waals surface area contributed by atoms with Crippen LogP contribution in [0.15, 0.2) is 18.2 Å². The van der Waals surface area contributed by atoms with Gasteiger partial charge in [0.15, 0.2) is 0 Å². The maximum absolute atomic E-state index is 12.3. The lowest BCUT2D eigenvalue weighted by atomic mass is 9.75. The number of halogens is 2. The van der Waals surface area contributed by atoms with Gasteiger partial charge in [-0.05, 0) is 24.5 Å². The molecule has 0 spiro atoms. The second-order valence-corrected chi connectivity index (χ2v) is 5.81. The summed E-state index contributed by atoms with van der Waals surface area (Å²) in [4.78, 5) is 12.3. The average molecular weight is 357 g/mol. The van der Waals surface area contributed by atoms with E-state index >= 15 is 0 Å². The van der Waals surface area contributed by atoms with Crippen molar-refractivity contribution < 1.29 is 4.79 Å². The monoisotopic (exact) mass is 355 g/mol. The number of hydrogen-bond acceptors (Lipinski definition) is 1. The van der Waals surface area contributed by atoms with Crippen LogP contribution in [0.2, 0.25) is 0 Å². The van der Waals surface area contributed by atoms with E-state index in [1.807, 2.05) is 18.2 Å². The molecule has 2 radical (unpaired) electrons. The molecule has 1 heterocycles. The molecule has 0 saturated carbocycles. The second-order valence-electron chi connectivity index (χ2n) is 4.22. The summed E-state index contributed by atoms with van der Waals surface area (Å²) in [5.74, 6) is 0.0806. The number of amides is 1. The van der Waals surface area contributed by atoms with E-state index in [-0.39, 0.29) is 5.91 Å². The maximum Gasteiger partial charge on any atom is 0.235 e. The number of carbonyl (C=O) groups is 1. The highest BCUT2D eigenvalue weighted by molar-refractivity contribution is 9.09. The summed E-state index contributed by atoms with van der Waals surface area (Å²) in [7, 11) is 5.83. The molecule has 2 nitrogen and oxygen atoms in total. The Labute approximate surface area is 119 Å². The first-order chi connectivity index (χ1) is 8.14. The van der Waals surface area contributed by atoms with Gasteiger partial charge in [-0.3, -0.25) is 4.79 Å². The van der Waals surface area contributed by atoms with Gasteiger partial charge < -0.3 is 5.32 Å². The van der Waals surface area contributed by atoms with Gasteiger partial charge in [0.25, 0.3) is 0 Å². The molecule has 0 fully saturated rings. The first kappa shape index (κ1) is 13.2. The van der Waals surface area contributed by atoms with Gasteiger partial charge in [-0.25, -0.2) is 0 Å². The van der Waals surface area contributed by atoms with Crippen molar-refractivity contribution >= 4 is 56.8 Å². The fraction of sp³-hybridized carbons (Fsp3) is 0.417. The van der Waals surface area contributed by atoms with E-state index in [4.69, 9.17) is 7.85 Å². The van der Waals surface area contributed by atoms with E-state index in [9.17, 15) is 4.79 Å². The summed E-state index contributed by atoms with van der Waals surface area (Å²) in [6, 6.07) is 5.61. The lowest BCUT2D eigenvalue weighted by Crippen LogP contribution is -2.35. The number of benzene rings is 1. The van der Waals surface area contributed by atoms with Crippen LogP contribution in [-0.2, 0) is 10.2 Å². The smallest absolute Gasteiger partial charge is 0.235 e. The predicted octanol–water partition coefficient (Wildman–Crippen LogP) is 2.24. The molecule has 0 bridgehead atoms. The topological polar surface area (TPSA) is 29.1 Å². The van der Waals surface area contributed by atoms with Crippen molar-refractivity contribution in [3.63, 3.8) is 0 Å². The molecule has 5 heteroatoms. The summed E-state index contributed by atoms with van der Waals surface area (Å²) in [5, 5.41) is 4.54. The zero-order chi connectivity index (χ0) is 12.5. The highest BCUT2D eigenvalue weighted by Gasteiger charge is 2.45. The van der Waals surface area contributed by atoms with Crippen LogP contribution in [0.3, 0.4) is 0 Å². The van der Waals surface area contributed by atoms with Gasteiger partial charge in [-0.15, -0.1) is 0 Å². The third-order valence-corrected chi connectivity index (χ3v) is 4.08. The average Bonchev–Trinajstić information content (AvgIpc) is 2.54. The van der Waals surface area contributed by atoms with Crippen LogP contribution in [0, 0.1) is 0 Å². The number of nitrogens with one attached hydrogen (secondary N) is 1. The number of hydrogen-bond donors (Lipinski definition) is 1. The molecular weight excluding hydrogens is 345 g/mol. The van der Waals surface area contributed by atoms with Crippen LogP contribution in [0.5, 0.6) is 0 Å². The summed E-state index contributed by atoms with van der Waals surface area (Å²) in [5.41, 5.74) is 2.18. The Morgan fingerprint density at radius 1 is 1.24 bits per heavy atom. The van der Waals surface area contributed by atoms with Gasteiger partial charge in [0.2, 0.25) is 5.91 Å². The Hall–Kier alpha value is -0.285. The number of rotatable bonds is 4. The van der Waals surface area contributed by atoms with Gasteiger partial charge in [0.1, 0.15) is 7.85 Å². The quantitative estimate of drug-likeness (QED) is 0.650. The molecule has 2 rings (SSSR count). The van der Waals surface area contributed by atoms with Gasteiger partial charge in [0.05, 0.1) is 5.41 Å². The zero-order valence-corrected chi connectivity index (χ0v) is 12.5. The number of fused-ring (bicyclic) bond motifs is 1. The Kier molecular flexibility index (Phi) is 3.98. The summed E-state index contributed by atoms with van der Waals surface area (Å²) < 4.78 is 0. The van der Waals surface area contributed by atoms with Crippen LogP contribution in [0.25, 0.3) is 0 Å². The van der Waals surface area contributed by atoms with E-state index < -0.39 is 5.41 Å². The zero-order valence-electron chi connectivity index (χ0n) is 9.30. The van der Waals surface area contributed by atoms with Crippen molar-refractivity contribution in [3.05, 3.63) is 23.8 Å². The molecule has 0 atom stereocenters. The number of anilines is 1. The highest BCUT2D eigenvalue weighted by atomic mass is 79.9. The van der Waals surface area contributed by atoms with E-state index in [0.717, 1.165) is 34.8 Å². The van der Waals surface area contributed by atoms with Crippen molar-refractivity contribution in [2.75, 3.05) is 16.0 Å². The summed E-state index contributed by atoms with van der Waals surface area (Å²) in [6.45, 7) is 0. The van der Waals surface area contributed by atoms with E-state index in [0.29, 0.717) is 5.46 Å². The molecule has 1 aromatic carbocycles. The minimum Gasteiger partial charge on any atom is -0.325 e. The van der Waals surface area contributed by atoms with Crippen LogP contribution in [0.1, 0.15) is 18.4 Å². The fourth-order valence-corrected chi connectivity index (χ4v) is 3.73. The molecule has 0 aliphatic carbocycles. The SMILES string of the molecule is [B]c1ccc2c(c1)C(CCBr)(CCBr)C(=O)N2.